The molecular weight excluding hydrogens is 454 g/mol. The SMILES string of the molecule is COc1ccc(C(CNC(=O)c2cccc(S(=O)(=O)N3CCCCC3)c2)N2CCOCC2)cc1. The molecule has 2 aliphatic heterocycles. The average molecular weight is 488 g/mol. The minimum absolute atomic E-state index is 0.0287. The zero-order chi connectivity index (χ0) is 24.0. The summed E-state index contributed by atoms with van der Waals surface area (Å²) in [6, 6.07) is 14.2. The fraction of sp³-hybridized carbons (Fsp3) is 0.480. The second-order valence-corrected chi connectivity index (χ2v) is 10.6. The Labute approximate surface area is 201 Å². The van der Waals surface area contributed by atoms with Crippen LogP contribution in [0.1, 0.15) is 41.2 Å². The van der Waals surface area contributed by atoms with Crippen molar-refractivity contribution in [2.24, 2.45) is 0 Å². The van der Waals surface area contributed by atoms with Gasteiger partial charge in [-0.2, -0.15) is 4.31 Å². The maximum absolute atomic E-state index is 13.0. The molecule has 184 valence electrons. The lowest BCUT2D eigenvalue weighted by Crippen LogP contribution is -2.43. The molecule has 1 atom stereocenters. The molecule has 0 spiro atoms. The van der Waals surface area contributed by atoms with Gasteiger partial charge in [0.2, 0.25) is 10.0 Å². The molecule has 0 aromatic heterocycles. The topological polar surface area (TPSA) is 88.2 Å². The summed E-state index contributed by atoms with van der Waals surface area (Å²) < 4.78 is 38.4. The molecule has 2 saturated heterocycles. The van der Waals surface area contributed by atoms with Gasteiger partial charge in [0.05, 0.1) is 31.3 Å². The number of benzene rings is 2. The highest BCUT2D eigenvalue weighted by Gasteiger charge is 2.27. The van der Waals surface area contributed by atoms with Crippen LogP contribution in [0.3, 0.4) is 0 Å². The molecule has 1 N–H and O–H groups in total. The van der Waals surface area contributed by atoms with Gasteiger partial charge in [0.15, 0.2) is 0 Å². The number of piperidine rings is 1. The molecule has 0 aliphatic carbocycles. The van der Waals surface area contributed by atoms with Gasteiger partial charge in [0.1, 0.15) is 5.75 Å². The van der Waals surface area contributed by atoms with Crippen LogP contribution in [-0.2, 0) is 14.8 Å². The van der Waals surface area contributed by atoms with Gasteiger partial charge in [-0.1, -0.05) is 24.6 Å². The maximum atomic E-state index is 13.0. The lowest BCUT2D eigenvalue weighted by atomic mass is 10.0. The molecule has 2 heterocycles. The van der Waals surface area contributed by atoms with Crippen LogP contribution in [0.5, 0.6) is 5.75 Å². The number of amides is 1. The number of hydrogen-bond acceptors (Lipinski definition) is 6. The van der Waals surface area contributed by atoms with E-state index < -0.39 is 10.0 Å². The van der Waals surface area contributed by atoms with E-state index in [0.29, 0.717) is 38.4 Å². The number of sulfonamides is 1. The van der Waals surface area contributed by atoms with E-state index in [9.17, 15) is 13.2 Å². The molecular formula is C25H33N3O5S. The lowest BCUT2D eigenvalue weighted by molar-refractivity contribution is 0.0162. The highest BCUT2D eigenvalue weighted by molar-refractivity contribution is 7.89. The van der Waals surface area contributed by atoms with E-state index in [1.807, 2.05) is 24.3 Å². The summed E-state index contributed by atoms with van der Waals surface area (Å²) >= 11 is 0. The Morgan fingerprint density at radius 2 is 1.74 bits per heavy atom. The molecule has 8 nitrogen and oxygen atoms in total. The number of nitrogens with one attached hydrogen (secondary N) is 1. The van der Waals surface area contributed by atoms with Crippen molar-refractivity contribution >= 4 is 15.9 Å². The van der Waals surface area contributed by atoms with Crippen molar-refractivity contribution in [3.63, 3.8) is 0 Å². The lowest BCUT2D eigenvalue weighted by Gasteiger charge is -2.35. The van der Waals surface area contributed by atoms with Gasteiger partial charge in [-0.05, 0) is 48.7 Å². The van der Waals surface area contributed by atoms with Crippen LogP contribution in [0.2, 0.25) is 0 Å². The van der Waals surface area contributed by atoms with Crippen LogP contribution in [-0.4, -0.2) is 76.6 Å². The number of hydrogen-bond donors (Lipinski definition) is 1. The predicted molar refractivity (Wildman–Crippen MR) is 130 cm³/mol. The van der Waals surface area contributed by atoms with Gasteiger partial charge in [-0.25, -0.2) is 8.42 Å². The molecule has 0 radical (unpaired) electrons. The molecule has 2 aromatic rings. The first-order valence-corrected chi connectivity index (χ1v) is 13.3. The predicted octanol–water partition coefficient (Wildman–Crippen LogP) is 2.67. The second kappa shape index (κ2) is 11.3. The van der Waals surface area contributed by atoms with E-state index >= 15 is 0 Å². The Balaban J connectivity index is 1.48. The summed E-state index contributed by atoms with van der Waals surface area (Å²) in [5, 5.41) is 3.02. The quantitative estimate of drug-likeness (QED) is 0.616. The molecule has 1 unspecified atom stereocenters. The van der Waals surface area contributed by atoms with Crippen LogP contribution in [0.4, 0.5) is 0 Å². The summed E-state index contributed by atoms with van der Waals surface area (Å²) in [6.07, 6.45) is 2.79. The van der Waals surface area contributed by atoms with Gasteiger partial charge in [0, 0.05) is 38.3 Å². The molecule has 34 heavy (non-hydrogen) atoms. The molecule has 2 aromatic carbocycles. The van der Waals surface area contributed by atoms with Crippen LogP contribution < -0.4 is 10.1 Å². The number of morpholine rings is 1. The molecule has 0 saturated carbocycles. The third-order valence-electron chi connectivity index (χ3n) is 6.49. The zero-order valence-electron chi connectivity index (χ0n) is 19.6. The van der Waals surface area contributed by atoms with E-state index in [4.69, 9.17) is 9.47 Å². The average Bonchev–Trinajstić information content (AvgIpc) is 2.90. The van der Waals surface area contributed by atoms with Crippen molar-refractivity contribution in [1.82, 2.24) is 14.5 Å². The molecule has 2 aliphatic rings. The summed E-state index contributed by atoms with van der Waals surface area (Å²) in [6.45, 7) is 4.30. The molecule has 2 fully saturated rings. The summed E-state index contributed by atoms with van der Waals surface area (Å²) in [5.41, 5.74) is 1.41. The number of rotatable bonds is 8. The van der Waals surface area contributed by atoms with Gasteiger partial charge < -0.3 is 14.8 Å². The Hall–Kier alpha value is -2.46. The van der Waals surface area contributed by atoms with Crippen LogP contribution in [0.15, 0.2) is 53.4 Å². The molecule has 1 amide bonds. The van der Waals surface area contributed by atoms with Crippen molar-refractivity contribution in [3.05, 3.63) is 59.7 Å². The third-order valence-corrected chi connectivity index (χ3v) is 8.39. The largest absolute Gasteiger partial charge is 0.497 e. The monoisotopic (exact) mass is 487 g/mol. The highest BCUT2D eigenvalue weighted by atomic mass is 32.2. The first kappa shape index (κ1) is 24.7. The Bertz CT molecular complexity index is 1060. The molecule has 9 heteroatoms. The van der Waals surface area contributed by atoms with E-state index in [-0.39, 0.29) is 16.8 Å². The van der Waals surface area contributed by atoms with Crippen molar-refractivity contribution < 1.29 is 22.7 Å². The number of methoxy groups -OCH3 is 1. The van der Waals surface area contributed by atoms with Crippen molar-refractivity contribution in [3.8, 4) is 5.75 Å². The summed E-state index contributed by atoms with van der Waals surface area (Å²) in [5.74, 6) is 0.489. The minimum Gasteiger partial charge on any atom is -0.497 e. The van der Waals surface area contributed by atoms with Gasteiger partial charge in [-0.15, -0.1) is 0 Å². The van der Waals surface area contributed by atoms with Crippen molar-refractivity contribution in [1.29, 1.82) is 0 Å². The van der Waals surface area contributed by atoms with E-state index in [0.717, 1.165) is 43.7 Å². The van der Waals surface area contributed by atoms with Crippen molar-refractivity contribution in [2.75, 3.05) is 53.0 Å². The Morgan fingerprint density at radius 3 is 2.41 bits per heavy atom. The number of carbonyl (C=O) groups excluding carboxylic acids is 1. The van der Waals surface area contributed by atoms with Crippen LogP contribution in [0.25, 0.3) is 0 Å². The smallest absolute Gasteiger partial charge is 0.251 e. The fourth-order valence-corrected chi connectivity index (χ4v) is 6.08. The highest BCUT2D eigenvalue weighted by Crippen LogP contribution is 2.25. The number of carbonyl (C=O) groups is 1. The van der Waals surface area contributed by atoms with Crippen LogP contribution >= 0.6 is 0 Å². The fourth-order valence-electron chi connectivity index (χ4n) is 4.52. The molecule has 0 bridgehead atoms. The van der Waals surface area contributed by atoms with E-state index in [1.54, 1.807) is 25.3 Å². The number of ether oxygens (including phenoxy) is 2. The Kier molecular flexibility index (Phi) is 8.20. The third kappa shape index (κ3) is 5.78. The van der Waals surface area contributed by atoms with E-state index in [1.165, 1.54) is 10.4 Å². The zero-order valence-corrected chi connectivity index (χ0v) is 20.4. The first-order valence-electron chi connectivity index (χ1n) is 11.8. The second-order valence-electron chi connectivity index (χ2n) is 8.64. The summed E-state index contributed by atoms with van der Waals surface area (Å²) in [7, 11) is -1.96. The Morgan fingerprint density at radius 1 is 1.03 bits per heavy atom. The van der Waals surface area contributed by atoms with E-state index in [2.05, 4.69) is 10.2 Å². The first-order chi connectivity index (χ1) is 16.5. The standard InChI is InChI=1S/C25H33N3O5S/c1-32-22-10-8-20(9-11-22)24(27-14-16-33-17-15-27)19-26-25(29)21-6-5-7-23(18-21)34(30,31)28-12-3-2-4-13-28/h5-11,18,24H,2-4,12-17,19H2,1H3,(H,26,29). The maximum Gasteiger partial charge on any atom is 0.251 e. The van der Waals surface area contributed by atoms with Gasteiger partial charge in [0.25, 0.3) is 5.91 Å². The van der Waals surface area contributed by atoms with Crippen molar-refractivity contribution in [2.45, 2.75) is 30.2 Å². The van der Waals surface area contributed by atoms with Gasteiger partial charge >= 0.3 is 0 Å². The number of nitrogens with zero attached hydrogens (tertiary/aromatic N) is 2. The van der Waals surface area contributed by atoms with Gasteiger partial charge in [-0.3, -0.25) is 9.69 Å². The molecule has 4 rings (SSSR count). The van der Waals surface area contributed by atoms with Crippen LogP contribution in [0, 0.1) is 0 Å². The summed E-state index contributed by atoms with van der Waals surface area (Å²) in [4.78, 5) is 15.5. The normalized spacial score (nSPS) is 18.9. The minimum atomic E-state index is -3.60.